The summed E-state index contributed by atoms with van der Waals surface area (Å²) in [6, 6.07) is 18.4. The van der Waals surface area contributed by atoms with Crippen LogP contribution in [0.25, 0.3) is 21.5 Å². The number of hydrogen-bond acceptors (Lipinski definition) is 3. The van der Waals surface area contributed by atoms with Gasteiger partial charge in [-0.15, -0.1) is 11.3 Å². The number of nitrogens with zero attached hydrogens (tertiary/aromatic N) is 2. The van der Waals surface area contributed by atoms with E-state index in [9.17, 15) is 4.79 Å². The van der Waals surface area contributed by atoms with E-state index >= 15 is 0 Å². The number of nitrogens with one attached hydrogen (secondary N) is 1. The minimum absolute atomic E-state index is 0.00148. The zero-order chi connectivity index (χ0) is 18.8. The Kier molecular flexibility index (Phi) is 4.77. The second-order valence-corrected chi connectivity index (χ2v) is 7.71. The van der Waals surface area contributed by atoms with Crippen molar-refractivity contribution < 1.29 is 4.79 Å². The van der Waals surface area contributed by atoms with Gasteiger partial charge >= 0.3 is 0 Å². The van der Waals surface area contributed by atoms with Gasteiger partial charge in [0.05, 0.1) is 12.2 Å². The number of carbonyl (C=O) groups excluding carboxylic acids is 1. The molecule has 136 valence electrons. The molecule has 0 unspecified atom stereocenters. The number of benzene rings is 2. The standard InChI is InChI=1S/C22H21N3OS/c1-15-7-3-5-9-18(15)22-24-16(2)20(27-22)13-23-21(26)14-25-12-11-17-8-4-6-10-19(17)25/h3-12H,13-14H2,1-2H3,(H,23,26). The largest absolute Gasteiger partial charge is 0.350 e. The minimum Gasteiger partial charge on any atom is -0.350 e. The first-order valence-electron chi connectivity index (χ1n) is 8.94. The molecule has 4 aromatic rings. The van der Waals surface area contributed by atoms with Gasteiger partial charge in [0.15, 0.2) is 0 Å². The van der Waals surface area contributed by atoms with Crippen LogP contribution in [-0.2, 0) is 17.9 Å². The van der Waals surface area contributed by atoms with E-state index in [0.717, 1.165) is 32.0 Å². The molecule has 1 amide bonds. The van der Waals surface area contributed by atoms with Gasteiger partial charge in [-0.25, -0.2) is 4.98 Å². The molecule has 1 N–H and O–H groups in total. The van der Waals surface area contributed by atoms with Crippen LogP contribution in [0.5, 0.6) is 0 Å². The third-order valence-electron chi connectivity index (χ3n) is 4.71. The first kappa shape index (κ1) is 17.5. The van der Waals surface area contributed by atoms with Gasteiger partial charge in [-0.3, -0.25) is 4.79 Å². The molecule has 27 heavy (non-hydrogen) atoms. The molecule has 5 heteroatoms. The zero-order valence-electron chi connectivity index (χ0n) is 15.4. The third kappa shape index (κ3) is 3.64. The van der Waals surface area contributed by atoms with E-state index in [1.807, 2.05) is 54.1 Å². The summed E-state index contributed by atoms with van der Waals surface area (Å²) in [6.07, 6.45) is 1.96. The van der Waals surface area contributed by atoms with E-state index in [4.69, 9.17) is 4.98 Å². The Balaban J connectivity index is 1.44. The number of fused-ring (bicyclic) bond motifs is 1. The molecule has 2 aromatic heterocycles. The van der Waals surface area contributed by atoms with Crippen LogP contribution in [0.15, 0.2) is 60.8 Å². The van der Waals surface area contributed by atoms with Gasteiger partial charge < -0.3 is 9.88 Å². The SMILES string of the molecule is Cc1ccccc1-c1nc(C)c(CNC(=O)Cn2ccc3ccccc32)s1. The van der Waals surface area contributed by atoms with E-state index in [-0.39, 0.29) is 5.91 Å². The molecule has 0 aliphatic heterocycles. The van der Waals surface area contributed by atoms with Crippen molar-refractivity contribution in [2.24, 2.45) is 0 Å². The maximum atomic E-state index is 12.4. The topological polar surface area (TPSA) is 46.9 Å². The van der Waals surface area contributed by atoms with Crippen LogP contribution in [-0.4, -0.2) is 15.5 Å². The Bertz CT molecular complexity index is 1110. The highest BCUT2D eigenvalue weighted by Gasteiger charge is 2.12. The number of rotatable bonds is 5. The quantitative estimate of drug-likeness (QED) is 0.550. The van der Waals surface area contributed by atoms with Gasteiger partial charge in [-0.1, -0.05) is 42.5 Å². The number of hydrogen-bond donors (Lipinski definition) is 1. The van der Waals surface area contributed by atoms with Gasteiger partial charge in [0.25, 0.3) is 0 Å². The summed E-state index contributed by atoms with van der Waals surface area (Å²) >= 11 is 1.65. The fourth-order valence-corrected chi connectivity index (χ4v) is 4.28. The van der Waals surface area contributed by atoms with Crippen LogP contribution in [0.4, 0.5) is 0 Å². The molecule has 0 bridgehead atoms. The number of amides is 1. The Morgan fingerprint density at radius 1 is 1.07 bits per heavy atom. The van der Waals surface area contributed by atoms with Crippen LogP contribution in [0, 0.1) is 13.8 Å². The average Bonchev–Trinajstić information content (AvgIpc) is 3.24. The van der Waals surface area contributed by atoms with Crippen LogP contribution < -0.4 is 5.32 Å². The average molecular weight is 375 g/mol. The first-order chi connectivity index (χ1) is 13.1. The molecule has 4 rings (SSSR count). The summed E-state index contributed by atoms with van der Waals surface area (Å²) in [7, 11) is 0. The van der Waals surface area contributed by atoms with E-state index < -0.39 is 0 Å². The van der Waals surface area contributed by atoms with Crippen molar-refractivity contribution in [2.45, 2.75) is 26.9 Å². The molecule has 0 aliphatic carbocycles. The van der Waals surface area contributed by atoms with E-state index in [0.29, 0.717) is 13.1 Å². The maximum Gasteiger partial charge on any atom is 0.240 e. The highest BCUT2D eigenvalue weighted by atomic mass is 32.1. The molecule has 0 saturated carbocycles. The fourth-order valence-electron chi connectivity index (χ4n) is 3.19. The van der Waals surface area contributed by atoms with Crippen LogP contribution in [0.3, 0.4) is 0 Å². The lowest BCUT2D eigenvalue weighted by molar-refractivity contribution is -0.121. The van der Waals surface area contributed by atoms with Crippen molar-refractivity contribution in [1.82, 2.24) is 14.9 Å². The Hall–Kier alpha value is -2.92. The number of aromatic nitrogens is 2. The fraction of sp³-hybridized carbons (Fsp3) is 0.182. The number of para-hydroxylation sites is 1. The van der Waals surface area contributed by atoms with Crippen LogP contribution >= 0.6 is 11.3 Å². The normalized spacial score (nSPS) is 11.0. The third-order valence-corrected chi connectivity index (χ3v) is 5.90. The minimum atomic E-state index is 0.00148. The van der Waals surface area contributed by atoms with Crippen molar-refractivity contribution in [3.63, 3.8) is 0 Å². The second kappa shape index (κ2) is 7.37. The lowest BCUT2D eigenvalue weighted by Gasteiger charge is -2.07. The van der Waals surface area contributed by atoms with Gasteiger partial charge in [-0.2, -0.15) is 0 Å². The lowest BCUT2D eigenvalue weighted by Crippen LogP contribution is -2.26. The van der Waals surface area contributed by atoms with Crippen molar-refractivity contribution in [1.29, 1.82) is 0 Å². The van der Waals surface area contributed by atoms with Crippen molar-refractivity contribution >= 4 is 28.1 Å². The van der Waals surface area contributed by atoms with Crippen molar-refractivity contribution in [2.75, 3.05) is 0 Å². The molecule has 0 saturated heterocycles. The number of thiazole rings is 1. The number of aryl methyl sites for hydroxylation is 2. The monoisotopic (exact) mass is 375 g/mol. The molecule has 0 spiro atoms. The Morgan fingerprint density at radius 2 is 1.85 bits per heavy atom. The summed E-state index contributed by atoms with van der Waals surface area (Å²) in [5, 5.41) is 5.18. The summed E-state index contributed by atoms with van der Waals surface area (Å²) in [5.41, 5.74) is 4.41. The lowest BCUT2D eigenvalue weighted by atomic mass is 10.1. The van der Waals surface area contributed by atoms with E-state index in [2.05, 4.69) is 30.4 Å². The second-order valence-electron chi connectivity index (χ2n) is 6.62. The van der Waals surface area contributed by atoms with Gasteiger partial charge in [0, 0.05) is 22.2 Å². The Morgan fingerprint density at radius 3 is 2.70 bits per heavy atom. The van der Waals surface area contributed by atoms with Crippen LogP contribution in [0.1, 0.15) is 16.1 Å². The zero-order valence-corrected chi connectivity index (χ0v) is 16.2. The molecule has 0 fully saturated rings. The molecule has 2 aromatic carbocycles. The number of carbonyl (C=O) groups is 1. The molecular formula is C22H21N3OS. The highest BCUT2D eigenvalue weighted by Crippen LogP contribution is 2.30. The van der Waals surface area contributed by atoms with Crippen molar-refractivity contribution in [3.05, 3.63) is 76.9 Å². The maximum absolute atomic E-state index is 12.4. The summed E-state index contributed by atoms with van der Waals surface area (Å²) in [5.74, 6) is 0.00148. The highest BCUT2D eigenvalue weighted by molar-refractivity contribution is 7.15. The molecule has 4 nitrogen and oxygen atoms in total. The Labute approximate surface area is 162 Å². The summed E-state index contributed by atoms with van der Waals surface area (Å²) in [6.45, 7) is 4.91. The molecule has 0 atom stereocenters. The van der Waals surface area contributed by atoms with E-state index in [1.165, 1.54) is 5.56 Å². The summed E-state index contributed by atoms with van der Waals surface area (Å²) in [4.78, 5) is 18.2. The smallest absolute Gasteiger partial charge is 0.240 e. The van der Waals surface area contributed by atoms with Gasteiger partial charge in [0.1, 0.15) is 11.6 Å². The van der Waals surface area contributed by atoms with Crippen molar-refractivity contribution in [3.8, 4) is 10.6 Å². The predicted molar refractivity (Wildman–Crippen MR) is 111 cm³/mol. The van der Waals surface area contributed by atoms with E-state index in [1.54, 1.807) is 11.3 Å². The molecule has 0 aliphatic rings. The molecule has 2 heterocycles. The van der Waals surface area contributed by atoms with Gasteiger partial charge in [0.2, 0.25) is 5.91 Å². The first-order valence-corrected chi connectivity index (χ1v) is 9.76. The van der Waals surface area contributed by atoms with Crippen LogP contribution in [0.2, 0.25) is 0 Å². The van der Waals surface area contributed by atoms with Gasteiger partial charge in [-0.05, 0) is 36.9 Å². The molecule has 0 radical (unpaired) electrons. The predicted octanol–water partition coefficient (Wildman–Crippen LogP) is 4.70. The molecular weight excluding hydrogens is 354 g/mol. The summed E-state index contributed by atoms with van der Waals surface area (Å²) < 4.78 is 1.98.